The van der Waals surface area contributed by atoms with Crippen LogP contribution < -0.4 is 9.46 Å². The number of benzene rings is 1. The Morgan fingerprint density at radius 2 is 2.08 bits per heavy atom. The van der Waals surface area contributed by atoms with E-state index in [9.17, 15) is 12.8 Å². The summed E-state index contributed by atoms with van der Waals surface area (Å²) in [4.78, 5) is 7.60. The fourth-order valence-electron chi connectivity index (χ4n) is 1.94. The molecule has 1 aromatic carbocycles. The molecule has 3 rings (SSSR count). The van der Waals surface area contributed by atoms with Crippen molar-refractivity contribution < 1.29 is 17.5 Å². The molecule has 0 saturated heterocycles. The molecule has 0 aliphatic rings. The molecule has 0 aliphatic carbocycles. The van der Waals surface area contributed by atoms with E-state index in [2.05, 4.69) is 19.8 Å². The fraction of sp³-hybridized carbons (Fsp3) is 0.0714. The lowest BCUT2D eigenvalue weighted by molar-refractivity contribution is 0.385. The van der Waals surface area contributed by atoms with E-state index in [1.807, 2.05) is 0 Å². The van der Waals surface area contributed by atoms with Crippen molar-refractivity contribution in [1.82, 2.24) is 19.7 Å². The first kappa shape index (κ1) is 15.9. The summed E-state index contributed by atoms with van der Waals surface area (Å²) < 4.78 is 46.9. The number of ether oxygens (including phenoxy) is 1. The monoisotopic (exact) mass is 349 g/mol. The van der Waals surface area contributed by atoms with Crippen LogP contribution in [0.2, 0.25) is 0 Å². The van der Waals surface area contributed by atoms with Crippen molar-refractivity contribution in [3.63, 3.8) is 0 Å². The van der Waals surface area contributed by atoms with Crippen molar-refractivity contribution in [2.75, 3.05) is 11.8 Å². The normalized spacial score (nSPS) is 11.2. The second-order valence-electron chi connectivity index (χ2n) is 4.61. The molecule has 0 amide bonds. The summed E-state index contributed by atoms with van der Waals surface area (Å²) in [7, 11) is -2.72. The first-order valence-electron chi connectivity index (χ1n) is 6.68. The second-order valence-corrected chi connectivity index (χ2v) is 6.30. The van der Waals surface area contributed by atoms with Crippen molar-refractivity contribution in [3.8, 4) is 11.6 Å². The van der Waals surface area contributed by atoms with Crippen LogP contribution in [0.4, 0.5) is 10.2 Å². The quantitative estimate of drug-likeness (QED) is 0.751. The number of sulfonamides is 1. The van der Waals surface area contributed by atoms with Crippen molar-refractivity contribution in [2.45, 2.75) is 4.90 Å². The van der Waals surface area contributed by atoms with Gasteiger partial charge >= 0.3 is 0 Å². The molecule has 0 unspecified atom stereocenters. The predicted molar refractivity (Wildman–Crippen MR) is 82.9 cm³/mol. The summed E-state index contributed by atoms with van der Waals surface area (Å²) in [5.41, 5.74) is 0. The van der Waals surface area contributed by atoms with Crippen LogP contribution in [0, 0.1) is 5.82 Å². The molecular weight excluding hydrogens is 337 g/mol. The maximum Gasteiger partial charge on any atom is 0.263 e. The van der Waals surface area contributed by atoms with Gasteiger partial charge in [0.15, 0.2) is 17.4 Å². The van der Waals surface area contributed by atoms with Crippen LogP contribution in [0.5, 0.6) is 5.75 Å². The van der Waals surface area contributed by atoms with Crippen LogP contribution >= 0.6 is 0 Å². The Hall–Kier alpha value is -3.01. The molecule has 24 heavy (non-hydrogen) atoms. The first-order valence-corrected chi connectivity index (χ1v) is 8.16. The van der Waals surface area contributed by atoms with E-state index in [0.717, 1.165) is 6.07 Å². The molecule has 2 aromatic heterocycles. The zero-order valence-corrected chi connectivity index (χ0v) is 13.2. The summed E-state index contributed by atoms with van der Waals surface area (Å²) in [5, 5.41) is 4.00. The Bertz CT molecular complexity index is 960. The molecular formula is C14H12FN5O3S. The topological polar surface area (TPSA) is 99.0 Å². The van der Waals surface area contributed by atoms with Gasteiger partial charge in [0.2, 0.25) is 0 Å². The lowest BCUT2D eigenvalue weighted by Gasteiger charge is -2.09. The average Bonchev–Trinajstić information content (AvgIpc) is 3.09. The molecule has 0 bridgehead atoms. The number of hydrogen-bond acceptors (Lipinski definition) is 6. The lowest BCUT2D eigenvalue weighted by Crippen LogP contribution is -2.15. The van der Waals surface area contributed by atoms with Gasteiger partial charge in [-0.25, -0.2) is 27.5 Å². The van der Waals surface area contributed by atoms with Crippen LogP contribution in [-0.4, -0.2) is 35.3 Å². The SMILES string of the molecule is COc1ccc(S(=O)(=O)Nc2cc(-n3cccn3)ncn2)cc1F. The van der Waals surface area contributed by atoms with Gasteiger partial charge in [-0.3, -0.25) is 4.72 Å². The number of methoxy groups -OCH3 is 1. The fourth-order valence-corrected chi connectivity index (χ4v) is 2.95. The Balaban J connectivity index is 1.90. The van der Waals surface area contributed by atoms with Gasteiger partial charge in [0, 0.05) is 18.5 Å². The lowest BCUT2D eigenvalue weighted by atomic mass is 10.3. The minimum atomic E-state index is -4.01. The molecule has 0 saturated carbocycles. The molecule has 10 heteroatoms. The van der Waals surface area contributed by atoms with Crippen molar-refractivity contribution in [1.29, 1.82) is 0 Å². The third-order valence-corrected chi connectivity index (χ3v) is 4.42. The Morgan fingerprint density at radius 3 is 2.75 bits per heavy atom. The van der Waals surface area contributed by atoms with E-state index in [0.29, 0.717) is 5.82 Å². The molecule has 0 fully saturated rings. The Morgan fingerprint density at radius 1 is 1.25 bits per heavy atom. The Kier molecular flexibility index (Phi) is 4.13. The van der Waals surface area contributed by atoms with Gasteiger partial charge in [-0.05, 0) is 24.3 Å². The van der Waals surface area contributed by atoms with E-state index < -0.39 is 15.8 Å². The number of nitrogens with one attached hydrogen (secondary N) is 1. The summed E-state index contributed by atoms with van der Waals surface area (Å²) >= 11 is 0. The average molecular weight is 349 g/mol. The number of hydrogen-bond donors (Lipinski definition) is 1. The molecule has 0 atom stereocenters. The molecule has 0 aliphatic heterocycles. The zero-order valence-electron chi connectivity index (χ0n) is 12.4. The predicted octanol–water partition coefficient (Wildman–Crippen LogP) is 1.61. The van der Waals surface area contributed by atoms with Gasteiger partial charge in [0.05, 0.1) is 12.0 Å². The minimum Gasteiger partial charge on any atom is -0.494 e. The second kappa shape index (κ2) is 6.24. The number of aromatic nitrogens is 4. The molecule has 3 aromatic rings. The standard InChI is InChI=1S/C14H12FN5O3S/c1-23-12-4-3-10(7-11(12)15)24(21,22)19-13-8-14(17-9-16-13)20-6-2-5-18-20/h2-9H,1H3,(H,16,17,19). The van der Waals surface area contributed by atoms with Gasteiger partial charge in [-0.1, -0.05) is 0 Å². The molecule has 0 spiro atoms. The van der Waals surface area contributed by atoms with Crippen LogP contribution in [-0.2, 0) is 10.0 Å². The van der Waals surface area contributed by atoms with Crippen LogP contribution in [0.3, 0.4) is 0 Å². The number of halogens is 1. The van der Waals surface area contributed by atoms with E-state index in [-0.39, 0.29) is 16.5 Å². The summed E-state index contributed by atoms with van der Waals surface area (Å²) in [6.45, 7) is 0. The van der Waals surface area contributed by atoms with E-state index in [4.69, 9.17) is 4.74 Å². The number of rotatable bonds is 5. The highest BCUT2D eigenvalue weighted by Gasteiger charge is 2.18. The van der Waals surface area contributed by atoms with E-state index in [1.165, 1.54) is 36.3 Å². The smallest absolute Gasteiger partial charge is 0.263 e. The van der Waals surface area contributed by atoms with Crippen molar-refractivity contribution >= 4 is 15.8 Å². The van der Waals surface area contributed by atoms with E-state index >= 15 is 0 Å². The summed E-state index contributed by atoms with van der Waals surface area (Å²) in [6.07, 6.45) is 4.41. The van der Waals surface area contributed by atoms with Crippen LogP contribution in [0.25, 0.3) is 5.82 Å². The maximum absolute atomic E-state index is 13.7. The van der Waals surface area contributed by atoms with Gasteiger partial charge in [-0.2, -0.15) is 5.10 Å². The minimum absolute atomic E-state index is 0.0340. The molecule has 124 valence electrons. The van der Waals surface area contributed by atoms with Crippen molar-refractivity contribution in [3.05, 3.63) is 54.9 Å². The molecule has 0 radical (unpaired) electrons. The number of anilines is 1. The van der Waals surface area contributed by atoms with Gasteiger partial charge in [0.25, 0.3) is 10.0 Å². The highest BCUT2D eigenvalue weighted by Crippen LogP contribution is 2.22. The van der Waals surface area contributed by atoms with Gasteiger partial charge in [0.1, 0.15) is 12.1 Å². The van der Waals surface area contributed by atoms with E-state index in [1.54, 1.807) is 18.5 Å². The van der Waals surface area contributed by atoms with Gasteiger partial charge in [-0.15, -0.1) is 0 Å². The third-order valence-electron chi connectivity index (χ3n) is 3.06. The first-order chi connectivity index (χ1) is 11.5. The number of nitrogens with zero attached hydrogens (tertiary/aromatic N) is 4. The molecule has 8 nitrogen and oxygen atoms in total. The zero-order chi connectivity index (χ0) is 17.2. The highest BCUT2D eigenvalue weighted by atomic mass is 32.2. The molecule has 2 heterocycles. The van der Waals surface area contributed by atoms with Gasteiger partial charge < -0.3 is 4.74 Å². The Labute approximate surface area is 137 Å². The summed E-state index contributed by atoms with van der Waals surface area (Å²) in [5.74, 6) is -0.405. The van der Waals surface area contributed by atoms with Crippen molar-refractivity contribution in [2.24, 2.45) is 0 Å². The highest BCUT2D eigenvalue weighted by molar-refractivity contribution is 7.92. The van der Waals surface area contributed by atoms with Crippen LogP contribution in [0.15, 0.2) is 53.9 Å². The molecule has 1 N–H and O–H groups in total. The summed E-state index contributed by atoms with van der Waals surface area (Å²) in [6, 6.07) is 6.45. The third kappa shape index (κ3) is 3.18. The largest absolute Gasteiger partial charge is 0.494 e. The maximum atomic E-state index is 13.7. The van der Waals surface area contributed by atoms with Crippen LogP contribution in [0.1, 0.15) is 0 Å².